The van der Waals surface area contributed by atoms with Crippen molar-refractivity contribution >= 4 is 32.2 Å². The minimum absolute atomic E-state index is 0.0502. The summed E-state index contributed by atoms with van der Waals surface area (Å²) in [7, 11) is 5.39. The number of hydrogen-bond donors (Lipinski definition) is 0. The van der Waals surface area contributed by atoms with Gasteiger partial charge in [0.15, 0.2) is 0 Å². The molecule has 0 fully saturated rings. The van der Waals surface area contributed by atoms with E-state index in [1.165, 1.54) is 0 Å². The third-order valence-corrected chi connectivity index (χ3v) is 4.50. The van der Waals surface area contributed by atoms with E-state index in [4.69, 9.17) is 10.0 Å². The summed E-state index contributed by atoms with van der Waals surface area (Å²) in [6, 6.07) is 0. The second kappa shape index (κ2) is 6.55. The van der Waals surface area contributed by atoms with Crippen LogP contribution in [0.3, 0.4) is 0 Å². The molecule has 0 aromatic carbocycles. The molecule has 0 aromatic heterocycles. The van der Waals surface area contributed by atoms with Crippen LogP contribution in [0.4, 0.5) is 0 Å². The molecule has 0 aliphatic carbocycles. The molecule has 0 rings (SSSR count). The van der Waals surface area contributed by atoms with Crippen molar-refractivity contribution in [1.82, 2.24) is 0 Å². The van der Waals surface area contributed by atoms with Gasteiger partial charge in [-0.2, -0.15) is 0 Å². The summed E-state index contributed by atoms with van der Waals surface area (Å²) >= 11 is -0.861. The first kappa shape index (κ1) is 14.6. The summed E-state index contributed by atoms with van der Waals surface area (Å²) in [6.07, 6.45) is 0. The van der Waals surface area contributed by atoms with Crippen LogP contribution in [0.5, 0.6) is 0 Å². The minimum atomic E-state index is -0.861. The van der Waals surface area contributed by atoms with Crippen LogP contribution in [-0.4, -0.2) is 22.2 Å². The van der Waals surface area contributed by atoms with Crippen molar-refractivity contribution in [2.24, 2.45) is 0 Å². The van der Waals surface area contributed by atoms with Crippen molar-refractivity contribution in [3.63, 3.8) is 0 Å². The molecule has 0 unspecified atom stereocenters. The summed E-state index contributed by atoms with van der Waals surface area (Å²) in [4.78, 5) is 0. The van der Waals surface area contributed by atoms with Crippen LogP contribution >= 0.6 is 10.0 Å². The molecule has 11 heavy (non-hydrogen) atoms. The topological polar surface area (TPSA) is 0 Å². The first-order valence-corrected chi connectivity index (χ1v) is 13.4. The van der Waals surface area contributed by atoms with Crippen molar-refractivity contribution in [3.05, 3.63) is 0 Å². The molecule has 0 atom stereocenters. The van der Waals surface area contributed by atoms with Gasteiger partial charge < -0.3 is 0 Å². The van der Waals surface area contributed by atoms with Gasteiger partial charge >= 0.3 is 34.9 Å². The molecule has 0 aliphatic heterocycles. The van der Waals surface area contributed by atoms with E-state index in [2.05, 4.69) is 45.4 Å². The number of halogens is 1. The first-order valence-electron chi connectivity index (χ1n) is 3.94. The Hall–Kier alpha value is 1.05. The van der Waals surface area contributed by atoms with Crippen LogP contribution in [0.2, 0.25) is 29.6 Å². The second-order valence-corrected chi connectivity index (χ2v) is 15.2. The Morgan fingerprint density at radius 2 is 1.18 bits per heavy atom. The molecule has 0 heterocycles. The molecule has 0 spiro atoms. The van der Waals surface area contributed by atoms with Gasteiger partial charge in [0.25, 0.3) is 0 Å². The summed E-state index contributed by atoms with van der Waals surface area (Å²) in [5, 5.41) is 0.602. The van der Waals surface area contributed by atoms with Crippen LogP contribution in [0.25, 0.3) is 0 Å². The van der Waals surface area contributed by atoms with Gasteiger partial charge in [0.1, 0.15) is 0 Å². The van der Waals surface area contributed by atoms with Crippen LogP contribution < -0.4 is 0 Å². The molecule has 0 nitrogen and oxygen atoms in total. The zero-order valence-electron chi connectivity index (χ0n) is 8.88. The molecule has 68 valence electrons. The van der Waals surface area contributed by atoms with E-state index in [9.17, 15) is 0 Å². The summed E-state index contributed by atoms with van der Waals surface area (Å²) in [6.45, 7) is 11.6. The van der Waals surface area contributed by atoms with E-state index < -0.39 is 13.4 Å². The molecule has 0 saturated heterocycles. The van der Waals surface area contributed by atoms with E-state index in [0.717, 1.165) is 0 Å². The van der Waals surface area contributed by atoms with E-state index in [0.29, 0.717) is 5.04 Å². The Morgan fingerprint density at radius 3 is 1.18 bits per heavy atom. The van der Waals surface area contributed by atoms with Crippen molar-refractivity contribution in [1.29, 1.82) is 0 Å². The fourth-order valence-corrected chi connectivity index (χ4v) is 0. The molecule has 0 bridgehead atoms. The van der Waals surface area contributed by atoms with Crippen molar-refractivity contribution in [2.45, 2.75) is 50.4 Å². The predicted molar refractivity (Wildman–Crippen MR) is 60.5 cm³/mol. The Labute approximate surface area is 82.6 Å². The quantitative estimate of drug-likeness (QED) is 0.572. The molecule has 0 aliphatic rings. The van der Waals surface area contributed by atoms with E-state index in [-0.39, 0.29) is 8.80 Å². The van der Waals surface area contributed by atoms with Crippen molar-refractivity contribution < 1.29 is 0 Å². The van der Waals surface area contributed by atoms with Crippen molar-refractivity contribution in [2.75, 3.05) is 0 Å². The summed E-state index contributed by atoms with van der Waals surface area (Å²) < 4.78 is 0. The van der Waals surface area contributed by atoms with Gasteiger partial charge in [-0.15, -0.1) is 0 Å². The summed E-state index contributed by atoms with van der Waals surface area (Å²) in [5.74, 6) is 4.20. The normalized spacial score (nSPS) is 11.5. The van der Waals surface area contributed by atoms with Gasteiger partial charge in [0.2, 0.25) is 0 Å². The van der Waals surface area contributed by atoms with Crippen LogP contribution in [0, 0.1) is 0 Å². The van der Waals surface area contributed by atoms with Gasteiger partial charge in [-0.05, 0) is 5.04 Å². The Bertz CT molecular complexity index is 83.8. The van der Waals surface area contributed by atoms with Gasteiger partial charge in [0.05, 0.1) is 0 Å². The molecule has 0 aromatic rings. The third kappa shape index (κ3) is 18.2. The average molecular weight is 253 g/mol. The van der Waals surface area contributed by atoms with E-state index >= 15 is 0 Å². The number of hydrogen-bond acceptors (Lipinski definition) is 0. The van der Waals surface area contributed by atoms with Gasteiger partial charge in [0, 0.05) is 8.80 Å². The molecule has 0 saturated carbocycles. The third-order valence-electron chi connectivity index (χ3n) is 1.50. The maximum atomic E-state index is 5.44. The average Bonchev–Trinajstić information content (AvgIpc) is 1.59. The van der Waals surface area contributed by atoms with E-state index in [1.54, 1.807) is 0 Å². The fourth-order valence-electron chi connectivity index (χ4n) is 0. The van der Waals surface area contributed by atoms with E-state index in [1.807, 2.05) is 0 Å². The Balaban J connectivity index is 0. The van der Waals surface area contributed by atoms with Gasteiger partial charge in [-0.1, -0.05) is 33.9 Å². The fraction of sp³-hybridized carbons (Fsp3) is 1.00. The standard InChI is InChI=1S/C6H15Si.C2H6ClGe/c1-6(2,3)7(4)5;1-4(2)3/h1-5H3;1-2H3. The van der Waals surface area contributed by atoms with Crippen LogP contribution in [0.15, 0.2) is 0 Å². The second-order valence-electron chi connectivity index (χ2n) is 4.13. The Morgan fingerprint density at radius 1 is 1.09 bits per heavy atom. The molecule has 0 N–H and O–H groups in total. The number of rotatable bonds is 0. The summed E-state index contributed by atoms with van der Waals surface area (Å²) in [5.41, 5.74) is 0. The van der Waals surface area contributed by atoms with Crippen molar-refractivity contribution in [3.8, 4) is 0 Å². The maximum absolute atomic E-state index is 5.44. The zero-order valence-corrected chi connectivity index (χ0v) is 12.7. The monoisotopic (exact) mass is 254 g/mol. The SMILES string of the molecule is C[Si](C)C(C)(C)C.[CH3][Ge]([CH3])[Cl]. The predicted octanol–water partition coefficient (Wildman–Crippen LogP) is 4.02. The molecule has 2 radical (unpaired) electrons. The van der Waals surface area contributed by atoms with Crippen LogP contribution in [-0.2, 0) is 0 Å². The molecule has 0 amide bonds. The first-order chi connectivity index (χ1) is 4.68. The molecule has 3 heteroatoms. The zero-order chi connectivity index (χ0) is 9.65. The molecular weight excluding hydrogens is 232 g/mol. The van der Waals surface area contributed by atoms with Crippen LogP contribution in [0.1, 0.15) is 20.8 Å². The van der Waals surface area contributed by atoms with Gasteiger partial charge in [-0.25, -0.2) is 0 Å². The molecular formula is C8H21ClGeSi. The Kier molecular flexibility index (Phi) is 8.68. The van der Waals surface area contributed by atoms with Gasteiger partial charge in [-0.3, -0.25) is 0 Å².